The van der Waals surface area contributed by atoms with Gasteiger partial charge in [0.05, 0.1) is 12.5 Å². The molecule has 2 saturated carbocycles. The van der Waals surface area contributed by atoms with Crippen LogP contribution in [0.2, 0.25) is 0 Å². The predicted octanol–water partition coefficient (Wildman–Crippen LogP) is 0.965. The summed E-state index contributed by atoms with van der Waals surface area (Å²) < 4.78 is 5.40. The van der Waals surface area contributed by atoms with Gasteiger partial charge in [-0.1, -0.05) is 6.42 Å². The van der Waals surface area contributed by atoms with Crippen LogP contribution in [0.25, 0.3) is 0 Å². The smallest absolute Gasteiger partial charge is 0.315 e. The largest absolute Gasteiger partial charge is 0.481 e. The van der Waals surface area contributed by atoms with Gasteiger partial charge in [-0.2, -0.15) is 0 Å². The lowest BCUT2D eigenvalue weighted by atomic mass is 10.0. The highest BCUT2D eigenvalue weighted by molar-refractivity contribution is 5.76. The summed E-state index contributed by atoms with van der Waals surface area (Å²) in [5.74, 6) is -0.545. The molecule has 6 nitrogen and oxygen atoms in total. The zero-order chi connectivity index (χ0) is 13.7. The summed E-state index contributed by atoms with van der Waals surface area (Å²) in [5, 5.41) is 14.4. The van der Waals surface area contributed by atoms with Crippen molar-refractivity contribution in [3.63, 3.8) is 0 Å². The van der Waals surface area contributed by atoms with Gasteiger partial charge in [-0.15, -0.1) is 0 Å². The number of carboxylic acids is 1. The minimum atomic E-state index is -0.824. The maximum atomic E-state index is 11.6. The van der Waals surface area contributed by atoms with Crippen molar-refractivity contribution in [3.8, 4) is 0 Å². The van der Waals surface area contributed by atoms with Crippen LogP contribution < -0.4 is 10.6 Å². The number of nitrogens with one attached hydrogen (secondary N) is 2. The van der Waals surface area contributed by atoms with E-state index in [4.69, 9.17) is 9.84 Å². The fourth-order valence-corrected chi connectivity index (χ4v) is 2.42. The molecule has 19 heavy (non-hydrogen) atoms. The van der Waals surface area contributed by atoms with E-state index < -0.39 is 11.9 Å². The van der Waals surface area contributed by atoms with Crippen molar-refractivity contribution < 1.29 is 19.4 Å². The van der Waals surface area contributed by atoms with E-state index in [1.165, 1.54) is 12.8 Å². The predicted molar refractivity (Wildman–Crippen MR) is 68.8 cm³/mol. The quantitative estimate of drug-likeness (QED) is 0.601. The Morgan fingerprint density at radius 3 is 2.68 bits per heavy atom. The molecular formula is C13H22N2O4. The molecule has 0 spiro atoms. The van der Waals surface area contributed by atoms with E-state index in [1.54, 1.807) is 0 Å². The van der Waals surface area contributed by atoms with Crippen LogP contribution in [-0.4, -0.2) is 42.9 Å². The highest BCUT2D eigenvalue weighted by Gasteiger charge is 2.33. The molecule has 0 aliphatic heterocycles. The Balaban J connectivity index is 1.56. The van der Waals surface area contributed by atoms with Crippen LogP contribution in [-0.2, 0) is 9.53 Å². The van der Waals surface area contributed by atoms with Gasteiger partial charge in [-0.25, -0.2) is 4.79 Å². The monoisotopic (exact) mass is 270 g/mol. The van der Waals surface area contributed by atoms with E-state index in [2.05, 4.69) is 10.6 Å². The lowest BCUT2D eigenvalue weighted by Gasteiger charge is -2.17. The summed E-state index contributed by atoms with van der Waals surface area (Å²) in [6.45, 7) is 1.76. The fraction of sp³-hybridized carbons (Fsp3) is 0.846. The van der Waals surface area contributed by atoms with E-state index in [0.717, 1.165) is 25.4 Å². The van der Waals surface area contributed by atoms with Crippen molar-refractivity contribution in [2.75, 3.05) is 19.8 Å². The Bertz CT molecular complexity index is 331. The second-order valence-electron chi connectivity index (χ2n) is 5.40. The average Bonchev–Trinajstić information content (AvgIpc) is 3.06. The molecule has 2 aliphatic carbocycles. The van der Waals surface area contributed by atoms with Crippen molar-refractivity contribution >= 4 is 12.0 Å². The summed E-state index contributed by atoms with van der Waals surface area (Å²) in [7, 11) is 0. The Labute approximate surface area is 112 Å². The SMILES string of the molecule is O=C(NCCOCC1CC1)NC1CCCC1C(=O)O. The first kappa shape index (κ1) is 14.1. The topological polar surface area (TPSA) is 87.7 Å². The van der Waals surface area contributed by atoms with Crippen LogP contribution in [0, 0.1) is 11.8 Å². The number of carboxylic acid groups (broad SMARTS) is 1. The molecule has 0 aromatic rings. The summed E-state index contributed by atoms with van der Waals surface area (Å²) in [6.07, 6.45) is 4.75. The molecule has 3 N–H and O–H groups in total. The van der Waals surface area contributed by atoms with Crippen LogP contribution >= 0.6 is 0 Å². The van der Waals surface area contributed by atoms with Crippen LogP contribution in [0.5, 0.6) is 0 Å². The number of rotatable bonds is 7. The van der Waals surface area contributed by atoms with Crippen LogP contribution in [0.3, 0.4) is 0 Å². The van der Waals surface area contributed by atoms with Gasteiger partial charge in [0, 0.05) is 19.2 Å². The van der Waals surface area contributed by atoms with Gasteiger partial charge in [0.2, 0.25) is 0 Å². The average molecular weight is 270 g/mol. The zero-order valence-corrected chi connectivity index (χ0v) is 11.1. The number of ether oxygens (including phenoxy) is 1. The van der Waals surface area contributed by atoms with Crippen LogP contribution in [0.15, 0.2) is 0 Å². The van der Waals surface area contributed by atoms with Gasteiger partial charge < -0.3 is 20.5 Å². The van der Waals surface area contributed by atoms with Crippen LogP contribution in [0.1, 0.15) is 32.1 Å². The maximum Gasteiger partial charge on any atom is 0.315 e. The second kappa shape index (κ2) is 6.75. The minimum absolute atomic E-state index is 0.245. The molecule has 6 heteroatoms. The lowest BCUT2D eigenvalue weighted by molar-refractivity contribution is -0.142. The number of hydrogen-bond donors (Lipinski definition) is 3. The summed E-state index contributed by atoms with van der Waals surface area (Å²) in [5.41, 5.74) is 0. The minimum Gasteiger partial charge on any atom is -0.481 e. The first-order chi connectivity index (χ1) is 9.16. The molecular weight excluding hydrogens is 248 g/mol. The van der Waals surface area contributed by atoms with Crippen molar-refractivity contribution in [3.05, 3.63) is 0 Å². The number of hydrogen-bond acceptors (Lipinski definition) is 3. The first-order valence-electron chi connectivity index (χ1n) is 7.01. The molecule has 0 aromatic carbocycles. The van der Waals surface area contributed by atoms with Gasteiger partial charge in [0.1, 0.15) is 0 Å². The highest BCUT2D eigenvalue weighted by atomic mass is 16.5. The summed E-state index contributed by atoms with van der Waals surface area (Å²) in [4.78, 5) is 22.6. The normalized spacial score (nSPS) is 26.1. The van der Waals surface area contributed by atoms with E-state index in [-0.39, 0.29) is 12.1 Å². The zero-order valence-electron chi connectivity index (χ0n) is 11.1. The molecule has 2 atom stereocenters. The van der Waals surface area contributed by atoms with Crippen molar-refractivity contribution in [2.24, 2.45) is 11.8 Å². The molecule has 0 aromatic heterocycles. The third-order valence-electron chi connectivity index (χ3n) is 3.73. The van der Waals surface area contributed by atoms with E-state index >= 15 is 0 Å². The van der Waals surface area contributed by atoms with Crippen molar-refractivity contribution in [1.29, 1.82) is 0 Å². The molecule has 0 saturated heterocycles. The Kier molecular flexibility index (Phi) is 5.01. The molecule has 0 heterocycles. The molecule has 2 aliphatic rings. The maximum absolute atomic E-state index is 11.6. The number of carbonyl (C=O) groups is 2. The Morgan fingerprint density at radius 2 is 2.00 bits per heavy atom. The molecule has 2 unspecified atom stereocenters. The third kappa shape index (κ3) is 4.70. The Morgan fingerprint density at radius 1 is 1.21 bits per heavy atom. The van der Waals surface area contributed by atoms with Gasteiger partial charge in [0.15, 0.2) is 0 Å². The standard InChI is InChI=1S/C13H22N2O4/c16-12(17)10-2-1-3-11(10)15-13(18)14-6-7-19-8-9-4-5-9/h9-11H,1-8H2,(H,16,17)(H2,14,15,18). The lowest BCUT2D eigenvalue weighted by Crippen LogP contribution is -2.46. The van der Waals surface area contributed by atoms with E-state index in [1.807, 2.05) is 0 Å². The fourth-order valence-electron chi connectivity index (χ4n) is 2.42. The molecule has 0 bridgehead atoms. The summed E-state index contributed by atoms with van der Waals surface area (Å²) >= 11 is 0. The number of aliphatic carboxylic acids is 1. The van der Waals surface area contributed by atoms with Gasteiger partial charge in [-0.3, -0.25) is 4.79 Å². The highest BCUT2D eigenvalue weighted by Crippen LogP contribution is 2.28. The van der Waals surface area contributed by atoms with Crippen molar-refractivity contribution in [2.45, 2.75) is 38.1 Å². The first-order valence-corrected chi connectivity index (χ1v) is 7.01. The van der Waals surface area contributed by atoms with Crippen molar-refractivity contribution in [1.82, 2.24) is 10.6 Å². The van der Waals surface area contributed by atoms with E-state index in [0.29, 0.717) is 19.6 Å². The molecule has 2 amide bonds. The number of urea groups is 1. The molecule has 2 rings (SSSR count). The number of carbonyl (C=O) groups excluding carboxylic acids is 1. The van der Waals surface area contributed by atoms with Crippen LogP contribution in [0.4, 0.5) is 4.79 Å². The molecule has 2 fully saturated rings. The van der Waals surface area contributed by atoms with E-state index in [9.17, 15) is 9.59 Å². The summed E-state index contributed by atoms with van der Waals surface area (Å²) in [6, 6.07) is -0.543. The van der Waals surface area contributed by atoms with Gasteiger partial charge in [0.25, 0.3) is 0 Å². The molecule has 0 radical (unpaired) electrons. The Hall–Kier alpha value is -1.30. The third-order valence-corrected chi connectivity index (χ3v) is 3.73. The second-order valence-corrected chi connectivity index (χ2v) is 5.40. The van der Waals surface area contributed by atoms with Gasteiger partial charge in [-0.05, 0) is 31.6 Å². The van der Waals surface area contributed by atoms with Gasteiger partial charge >= 0.3 is 12.0 Å². The number of amides is 2. The molecule has 108 valence electrons.